The molecule has 0 aliphatic carbocycles. The van der Waals surface area contributed by atoms with Crippen molar-refractivity contribution < 1.29 is 30.0 Å². The van der Waals surface area contributed by atoms with Gasteiger partial charge in [0.15, 0.2) is 12.2 Å². The van der Waals surface area contributed by atoms with Gasteiger partial charge in [0.25, 0.3) is 0 Å². The van der Waals surface area contributed by atoms with Crippen molar-refractivity contribution in [1.29, 1.82) is 0 Å². The van der Waals surface area contributed by atoms with Gasteiger partial charge in [0.05, 0.1) is 0 Å². The van der Waals surface area contributed by atoms with Gasteiger partial charge >= 0.3 is 11.9 Å². The first kappa shape index (κ1) is 13.9. The molecular formula is C4H6O6Sr. The first-order valence-electron chi connectivity index (χ1n) is 2.28. The summed E-state index contributed by atoms with van der Waals surface area (Å²) in [6.07, 6.45) is -4.53. The van der Waals surface area contributed by atoms with Gasteiger partial charge in [-0.3, -0.25) is 0 Å². The van der Waals surface area contributed by atoms with Crippen LogP contribution in [-0.4, -0.2) is 90.1 Å². The van der Waals surface area contributed by atoms with E-state index >= 15 is 0 Å². The minimum atomic E-state index is -2.27. The second-order valence-electron chi connectivity index (χ2n) is 1.57. The molecule has 11 heavy (non-hydrogen) atoms. The first-order chi connectivity index (χ1) is 4.46. The Kier molecular flexibility index (Phi) is 7.49. The number of carboxylic acid groups (broad SMARTS) is 2. The number of aliphatic hydroxyl groups excluding tert-OH is 2. The van der Waals surface area contributed by atoms with Gasteiger partial charge in [0.1, 0.15) is 0 Å². The van der Waals surface area contributed by atoms with Gasteiger partial charge in [-0.05, 0) is 0 Å². The second kappa shape index (κ2) is 5.92. The van der Waals surface area contributed by atoms with Crippen molar-refractivity contribution in [2.45, 2.75) is 12.2 Å². The summed E-state index contributed by atoms with van der Waals surface area (Å²) in [6, 6.07) is 0. The maximum Gasteiger partial charge on any atom is 0.335 e. The van der Waals surface area contributed by atoms with Crippen LogP contribution in [0.5, 0.6) is 0 Å². The van der Waals surface area contributed by atoms with Gasteiger partial charge in [0, 0.05) is 45.5 Å². The summed E-state index contributed by atoms with van der Waals surface area (Å²) in [6.45, 7) is 0. The van der Waals surface area contributed by atoms with E-state index in [2.05, 4.69) is 0 Å². The fourth-order valence-electron chi connectivity index (χ4n) is 0.270. The van der Waals surface area contributed by atoms with Gasteiger partial charge in [-0.15, -0.1) is 0 Å². The second-order valence-corrected chi connectivity index (χ2v) is 1.57. The van der Waals surface area contributed by atoms with Crippen LogP contribution in [0.4, 0.5) is 0 Å². The molecule has 0 aromatic heterocycles. The SMILES string of the molecule is O=C(O)[C@H](O)[C@@H](O)C(=O)O.[Sr]. The van der Waals surface area contributed by atoms with Gasteiger partial charge in [-0.2, -0.15) is 0 Å². The van der Waals surface area contributed by atoms with Gasteiger partial charge in [0.2, 0.25) is 0 Å². The molecule has 0 saturated carbocycles. The van der Waals surface area contributed by atoms with E-state index < -0.39 is 24.1 Å². The van der Waals surface area contributed by atoms with Crippen LogP contribution < -0.4 is 0 Å². The van der Waals surface area contributed by atoms with Gasteiger partial charge in [-0.25, -0.2) is 9.59 Å². The first-order valence-corrected chi connectivity index (χ1v) is 2.28. The Morgan fingerprint density at radius 3 is 1.18 bits per heavy atom. The zero-order chi connectivity index (χ0) is 8.31. The maximum absolute atomic E-state index is 9.77. The minimum absolute atomic E-state index is 0. The van der Waals surface area contributed by atoms with Crippen LogP contribution in [0.3, 0.4) is 0 Å². The van der Waals surface area contributed by atoms with E-state index in [4.69, 9.17) is 20.4 Å². The molecule has 0 aromatic carbocycles. The van der Waals surface area contributed by atoms with E-state index in [9.17, 15) is 9.59 Å². The minimum Gasteiger partial charge on any atom is -0.479 e. The number of aliphatic carboxylic acids is 2. The zero-order valence-electron chi connectivity index (χ0n) is 5.47. The third-order valence-electron chi connectivity index (χ3n) is 0.805. The van der Waals surface area contributed by atoms with E-state index in [-0.39, 0.29) is 45.5 Å². The van der Waals surface area contributed by atoms with Gasteiger partial charge < -0.3 is 20.4 Å². The number of hydrogen-bond acceptors (Lipinski definition) is 4. The van der Waals surface area contributed by atoms with E-state index in [1.54, 1.807) is 0 Å². The predicted molar refractivity (Wildman–Crippen MR) is 33.0 cm³/mol. The number of aliphatic hydroxyl groups is 2. The average molecular weight is 238 g/mol. The Morgan fingerprint density at radius 2 is 1.09 bits per heavy atom. The molecule has 60 valence electrons. The summed E-state index contributed by atoms with van der Waals surface area (Å²) in [5.74, 6) is -3.54. The molecule has 2 atom stereocenters. The Hall–Kier alpha value is 0.341. The number of hydrogen-bond donors (Lipinski definition) is 4. The quantitative estimate of drug-likeness (QED) is 0.404. The van der Waals surface area contributed by atoms with Crippen molar-refractivity contribution >= 4 is 57.4 Å². The molecule has 0 aliphatic rings. The molecular weight excluding hydrogens is 232 g/mol. The normalized spacial score (nSPS) is 14.4. The van der Waals surface area contributed by atoms with E-state index in [1.807, 2.05) is 0 Å². The van der Waals surface area contributed by atoms with Gasteiger partial charge in [-0.1, -0.05) is 0 Å². The maximum atomic E-state index is 9.77. The van der Waals surface area contributed by atoms with Crippen molar-refractivity contribution in [1.82, 2.24) is 0 Å². The molecule has 4 N–H and O–H groups in total. The summed E-state index contributed by atoms with van der Waals surface area (Å²) in [5.41, 5.74) is 0. The molecule has 0 amide bonds. The molecule has 0 heterocycles. The number of rotatable bonds is 3. The standard InChI is InChI=1S/C4H6O6.Sr/c5-1(3(7)8)2(6)4(9)10;/h1-2,5-6H,(H,7,8)(H,9,10);/t1-,2-;/m1./s1. The zero-order valence-corrected chi connectivity index (χ0v) is 8.94. The Bertz CT molecular complexity index is 139. The topological polar surface area (TPSA) is 115 Å². The Morgan fingerprint density at radius 1 is 0.909 bits per heavy atom. The van der Waals surface area contributed by atoms with Crippen LogP contribution in [-0.2, 0) is 9.59 Å². The monoisotopic (exact) mass is 238 g/mol. The summed E-state index contributed by atoms with van der Waals surface area (Å²) in [5, 5.41) is 32.5. The van der Waals surface area contributed by atoms with Crippen molar-refractivity contribution in [2.75, 3.05) is 0 Å². The summed E-state index contributed by atoms with van der Waals surface area (Å²) >= 11 is 0. The average Bonchev–Trinajstić information content (AvgIpc) is 1.84. The molecule has 0 aromatic rings. The Labute approximate surface area is 98.7 Å². The molecule has 0 bridgehead atoms. The largest absolute Gasteiger partial charge is 0.479 e. The van der Waals surface area contributed by atoms with Crippen molar-refractivity contribution in [3.8, 4) is 0 Å². The molecule has 2 radical (unpaired) electrons. The van der Waals surface area contributed by atoms with Crippen LogP contribution in [0.2, 0.25) is 0 Å². The fraction of sp³-hybridized carbons (Fsp3) is 0.500. The molecule has 0 rings (SSSR count). The van der Waals surface area contributed by atoms with Crippen LogP contribution >= 0.6 is 0 Å². The fourth-order valence-corrected chi connectivity index (χ4v) is 0.270. The number of carbonyl (C=O) groups is 2. The predicted octanol–water partition coefficient (Wildman–Crippen LogP) is -2.50. The van der Waals surface area contributed by atoms with Crippen molar-refractivity contribution in [2.24, 2.45) is 0 Å². The smallest absolute Gasteiger partial charge is 0.335 e. The molecule has 0 aliphatic heterocycles. The van der Waals surface area contributed by atoms with E-state index in [0.717, 1.165) is 0 Å². The Balaban J connectivity index is 0. The molecule has 0 saturated heterocycles. The summed E-state index contributed by atoms with van der Waals surface area (Å²) < 4.78 is 0. The van der Waals surface area contributed by atoms with E-state index in [1.165, 1.54) is 0 Å². The molecule has 7 heteroatoms. The number of carboxylic acids is 2. The van der Waals surface area contributed by atoms with Crippen LogP contribution in [0, 0.1) is 0 Å². The third-order valence-corrected chi connectivity index (χ3v) is 0.805. The van der Waals surface area contributed by atoms with E-state index in [0.29, 0.717) is 0 Å². The van der Waals surface area contributed by atoms with Crippen molar-refractivity contribution in [3.05, 3.63) is 0 Å². The van der Waals surface area contributed by atoms with Crippen molar-refractivity contribution in [3.63, 3.8) is 0 Å². The van der Waals surface area contributed by atoms with Crippen LogP contribution in [0.1, 0.15) is 0 Å². The van der Waals surface area contributed by atoms with Crippen LogP contribution in [0.25, 0.3) is 0 Å². The molecule has 0 fully saturated rings. The molecule has 0 spiro atoms. The molecule has 0 unspecified atom stereocenters. The molecule has 6 nitrogen and oxygen atoms in total. The summed E-state index contributed by atoms with van der Waals surface area (Å²) in [7, 11) is 0. The van der Waals surface area contributed by atoms with Crippen LogP contribution in [0.15, 0.2) is 0 Å². The third kappa shape index (κ3) is 4.72. The summed E-state index contributed by atoms with van der Waals surface area (Å²) in [4.78, 5) is 19.5.